The number of esters is 3. The fourth-order valence-corrected chi connectivity index (χ4v) is 10.8. The maximum atomic E-state index is 13.7. The molecule has 21 nitrogen and oxygen atoms in total. The highest BCUT2D eigenvalue weighted by atomic mass is 32.2. The molecule has 4 aromatic rings. The van der Waals surface area contributed by atoms with Gasteiger partial charge in [-0.05, 0) is 125 Å². The first kappa shape index (κ1) is 65.4. The quantitative estimate of drug-likeness (QED) is 0.0291. The maximum Gasteiger partial charge on any atom is 0.338 e. The van der Waals surface area contributed by atoms with Crippen molar-refractivity contribution in [1.29, 1.82) is 0 Å². The molecule has 0 radical (unpaired) electrons. The number of carbonyl (C=O) groups is 7. The summed E-state index contributed by atoms with van der Waals surface area (Å²) in [6.07, 6.45) is 5.79. The third-order valence-corrected chi connectivity index (χ3v) is 16.5. The van der Waals surface area contributed by atoms with Crippen molar-refractivity contribution < 1.29 is 79.6 Å². The van der Waals surface area contributed by atoms with Crippen molar-refractivity contribution in [2.75, 3.05) is 47.6 Å². The number of likely N-dealkylation sites (N-methyl/N-ethyl adjacent to an activating group) is 1. The number of ether oxygens (including phenoxy) is 4. The Morgan fingerprint density at radius 2 is 1.39 bits per heavy atom. The fraction of sp³-hybridized carbons (Fsp3) is 0.350. The summed E-state index contributed by atoms with van der Waals surface area (Å²) in [6, 6.07) is 22.2. The number of ketones is 1. The summed E-state index contributed by atoms with van der Waals surface area (Å²) in [4.78, 5) is 85.8. The predicted octanol–water partition coefficient (Wildman–Crippen LogP) is 4.70. The number of aryl methyl sites for hydroxylation is 2. The molecular formula is C60H66N4O17S2. The third-order valence-electron chi connectivity index (χ3n) is 13.2. The Labute approximate surface area is 482 Å². The first-order valence-corrected chi connectivity index (χ1v) is 29.0. The van der Waals surface area contributed by atoms with Crippen LogP contribution in [0.2, 0.25) is 0 Å². The molecule has 0 saturated carbocycles. The summed E-state index contributed by atoms with van der Waals surface area (Å²) in [7, 11) is -4.54. The van der Waals surface area contributed by atoms with E-state index in [-0.39, 0.29) is 47.9 Å². The van der Waals surface area contributed by atoms with Crippen LogP contribution in [-0.4, -0.2) is 139 Å². The monoisotopic (exact) mass is 1180 g/mol. The summed E-state index contributed by atoms with van der Waals surface area (Å²) in [5, 5.41) is 25.2. The van der Waals surface area contributed by atoms with Gasteiger partial charge >= 0.3 is 29.8 Å². The maximum absolute atomic E-state index is 13.7. The number of benzene rings is 4. The summed E-state index contributed by atoms with van der Waals surface area (Å²) in [5.41, 5.74) is 2.67. The van der Waals surface area contributed by atoms with Gasteiger partial charge in [-0.1, -0.05) is 83.4 Å². The van der Waals surface area contributed by atoms with Gasteiger partial charge in [-0.15, -0.1) is 0 Å². The molecule has 1 heterocycles. The van der Waals surface area contributed by atoms with Crippen LogP contribution in [0.15, 0.2) is 131 Å². The van der Waals surface area contributed by atoms with Gasteiger partial charge in [-0.25, -0.2) is 26.4 Å². The number of allylic oxidation sites excluding steroid dienone is 4. The Morgan fingerprint density at radius 3 is 1.92 bits per heavy atom. The van der Waals surface area contributed by atoms with Crippen LogP contribution >= 0.6 is 0 Å². The van der Waals surface area contributed by atoms with E-state index < -0.39 is 91.8 Å². The van der Waals surface area contributed by atoms with Gasteiger partial charge in [0.2, 0.25) is 26.0 Å². The molecule has 2 aliphatic rings. The first-order valence-electron chi connectivity index (χ1n) is 26.1. The summed E-state index contributed by atoms with van der Waals surface area (Å²) < 4.78 is 74.4. The molecule has 4 atom stereocenters. The van der Waals surface area contributed by atoms with Crippen LogP contribution in [0.5, 0.6) is 5.75 Å². The molecule has 23 heteroatoms. The Bertz CT molecular complexity index is 3390. The zero-order chi connectivity index (χ0) is 60.9. The number of Topliss-reactive ketones (excluding diaryl/α,β-unsaturated/α-hetero) is 1. The number of carboxylic acid groups (broad SMARTS) is 2. The predicted molar refractivity (Wildman–Crippen MR) is 303 cm³/mol. The van der Waals surface area contributed by atoms with Crippen molar-refractivity contribution in [3.05, 3.63) is 149 Å². The second-order valence-electron chi connectivity index (χ2n) is 19.3. The van der Waals surface area contributed by atoms with Crippen LogP contribution < -0.4 is 20.1 Å². The van der Waals surface area contributed by atoms with Gasteiger partial charge < -0.3 is 39.8 Å². The van der Waals surface area contributed by atoms with Crippen molar-refractivity contribution in [3.63, 3.8) is 0 Å². The number of nitrogens with zero attached hydrogens (tertiary/aromatic N) is 1. The lowest BCUT2D eigenvalue weighted by molar-refractivity contribution is -0.158. The van der Waals surface area contributed by atoms with Gasteiger partial charge in [0, 0.05) is 31.0 Å². The van der Waals surface area contributed by atoms with Gasteiger partial charge in [0.1, 0.15) is 24.4 Å². The Balaban J connectivity index is 0.000000304. The van der Waals surface area contributed by atoms with E-state index in [0.29, 0.717) is 47.6 Å². The van der Waals surface area contributed by atoms with Crippen LogP contribution in [0.25, 0.3) is 0 Å². The van der Waals surface area contributed by atoms with Crippen LogP contribution in [0, 0.1) is 48.9 Å². The molecule has 6 rings (SSSR count). The van der Waals surface area contributed by atoms with Crippen molar-refractivity contribution in [2.45, 2.75) is 87.2 Å². The normalized spacial score (nSPS) is 16.2. The highest BCUT2D eigenvalue weighted by Crippen LogP contribution is 2.38. The third kappa shape index (κ3) is 19.1. The largest absolute Gasteiger partial charge is 0.481 e. The molecule has 1 saturated heterocycles. The number of amides is 1. The topological polar surface area (TPSA) is 304 Å². The Kier molecular flexibility index (Phi) is 24.1. The second kappa shape index (κ2) is 30.6. The number of carboxylic acids is 2. The average molecular weight is 1180 g/mol. The number of nitrogens with one attached hydrogen (secondary N) is 3. The second-order valence-corrected chi connectivity index (χ2v) is 23.0. The number of rotatable bonds is 23. The fourth-order valence-electron chi connectivity index (χ4n) is 8.52. The van der Waals surface area contributed by atoms with Gasteiger partial charge in [0.25, 0.3) is 0 Å². The molecule has 83 heavy (non-hydrogen) atoms. The molecule has 5 N–H and O–H groups in total. The molecule has 0 spiro atoms. The zero-order valence-electron chi connectivity index (χ0n) is 46.6. The number of sulfonamides is 2. The van der Waals surface area contributed by atoms with E-state index in [9.17, 15) is 60.6 Å². The molecule has 440 valence electrons. The van der Waals surface area contributed by atoms with Gasteiger partial charge in [0.15, 0.2) is 11.7 Å². The highest BCUT2D eigenvalue weighted by Gasteiger charge is 2.45. The van der Waals surface area contributed by atoms with Crippen molar-refractivity contribution in [3.8, 4) is 29.4 Å². The zero-order valence-corrected chi connectivity index (χ0v) is 48.3. The van der Waals surface area contributed by atoms with E-state index in [1.165, 1.54) is 31.3 Å². The van der Waals surface area contributed by atoms with Crippen molar-refractivity contribution >= 4 is 61.6 Å². The lowest BCUT2D eigenvalue weighted by Crippen LogP contribution is -2.49. The smallest absolute Gasteiger partial charge is 0.338 e. The average Bonchev–Trinajstić information content (AvgIpc) is 4.25. The molecule has 1 aliphatic heterocycles. The number of carbonyl (C=O) groups excluding carboxylic acids is 5. The molecule has 0 bridgehead atoms. The lowest BCUT2D eigenvalue weighted by Gasteiger charge is -2.35. The van der Waals surface area contributed by atoms with E-state index in [0.717, 1.165) is 36.1 Å². The lowest BCUT2D eigenvalue weighted by atomic mass is 9.70. The number of methoxy groups -OCH3 is 2. The number of hydrogen-bond donors (Lipinski definition) is 5. The van der Waals surface area contributed by atoms with Crippen LogP contribution in [0.1, 0.15) is 71.6 Å². The molecule has 3 unspecified atom stereocenters. The van der Waals surface area contributed by atoms with Gasteiger partial charge in [-0.3, -0.25) is 24.0 Å². The van der Waals surface area contributed by atoms with Crippen LogP contribution in [0.3, 0.4) is 0 Å². The molecule has 1 fully saturated rings. The molecule has 0 aromatic heterocycles. The molecule has 4 aromatic carbocycles. The first-order chi connectivity index (χ1) is 39.4. The standard InChI is InChI=1S/C31H32N2O8S.C29H34N2O9S/c1-4-40-31(37)25-13-15-26(16-14-25)41-19-5-6-23-9-11-24(12-10-23)20-28(30(35)36)32-29(34)21-33(3)42(38,39)27-17-7-22(2)8-18-27;1-19-9-11-21(12-10-19)41(37,38)31-24(26(33)34)18-29(25(32)23-8-5-17-30-23)15-13-20(14-16-29)6-4-7-22(27(35)39-2)28(36)40-3/h7-18,28H,4,19-21H2,1-3H3,(H,32,34)(H,35,36);9-15,22-24,30-31H,5,7-8,16-18H2,1-3H3,(H,33,34)/t;23-,24?,29?/m.0/s1. The van der Waals surface area contributed by atoms with Crippen LogP contribution in [-0.2, 0) is 69.4 Å². The van der Waals surface area contributed by atoms with Crippen molar-refractivity contribution in [2.24, 2.45) is 11.3 Å². The van der Waals surface area contributed by atoms with E-state index >= 15 is 0 Å². The van der Waals surface area contributed by atoms with E-state index in [2.05, 4.69) is 48.5 Å². The molecule has 1 aliphatic carbocycles. The van der Waals surface area contributed by atoms with E-state index in [1.807, 2.05) is 6.92 Å². The molecule has 1 amide bonds. The minimum absolute atomic E-state index is 0.00584. The Morgan fingerprint density at radius 1 is 0.783 bits per heavy atom. The summed E-state index contributed by atoms with van der Waals surface area (Å²) in [6.45, 7) is 5.89. The minimum Gasteiger partial charge on any atom is -0.481 e. The number of aliphatic carboxylic acids is 2. The number of hydrogen-bond acceptors (Lipinski definition) is 16. The SMILES string of the molecule is CCOC(=O)c1ccc(OCC#Cc2ccc(CC(NC(=O)CN(C)S(=O)(=O)c3ccc(C)cc3)C(=O)O)cc2)cc1.COC(=O)C(CC#CC1=CCC(CC(NS(=O)(=O)c2ccc(C)cc2)C(=O)O)(C(=O)[C@@H]2CCCN2)C=C1)C(=O)OC. The van der Waals surface area contributed by atoms with Gasteiger partial charge in [-0.2, -0.15) is 9.03 Å². The minimum atomic E-state index is -4.19. The van der Waals surface area contributed by atoms with E-state index in [4.69, 9.17) is 9.47 Å². The Hall–Kier alpha value is -8.45. The van der Waals surface area contributed by atoms with Crippen LogP contribution in [0.4, 0.5) is 0 Å². The summed E-state index contributed by atoms with van der Waals surface area (Å²) in [5.74, 6) is 5.20. The molecular weight excluding hydrogens is 1110 g/mol. The summed E-state index contributed by atoms with van der Waals surface area (Å²) >= 11 is 0. The van der Waals surface area contributed by atoms with E-state index in [1.54, 1.807) is 105 Å². The van der Waals surface area contributed by atoms with Crippen molar-refractivity contribution in [1.82, 2.24) is 19.7 Å². The van der Waals surface area contributed by atoms with Gasteiger partial charge in [0.05, 0.1) is 54.2 Å². The highest BCUT2D eigenvalue weighted by molar-refractivity contribution is 7.89.